The Labute approximate surface area is 148 Å². The van der Waals surface area contributed by atoms with Gasteiger partial charge >= 0.3 is 0 Å². The molecule has 6 heteroatoms. The van der Waals surface area contributed by atoms with Gasteiger partial charge in [-0.2, -0.15) is 0 Å². The predicted octanol–water partition coefficient (Wildman–Crippen LogP) is 2.55. The van der Waals surface area contributed by atoms with E-state index in [1.807, 2.05) is 6.92 Å². The Kier molecular flexibility index (Phi) is 6.62. The molecule has 0 saturated carbocycles. The molecule has 0 spiro atoms. The fourth-order valence-corrected chi connectivity index (χ4v) is 2.44. The third-order valence-corrected chi connectivity index (χ3v) is 3.83. The fourth-order valence-electron chi connectivity index (χ4n) is 2.44. The first-order chi connectivity index (χ1) is 12.0. The van der Waals surface area contributed by atoms with E-state index in [4.69, 9.17) is 10.2 Å². The van der Waals surface area contributed by atoms with Crippen LogP contribution in [0.4, 0.5) is 0 Å². The van der Waals surface area contributed by atoms with Crippen molar-refractivity contribution in [1.29, 1.82) is 0 Å². The number of aliphatic imine (C=N–C) groups is 1. The third kappa shape index (κ3) is 5.67. The second-order valence-corrected chi connectivity index (χ2v) is 6.02. The number of carbonyl (C=O) groups is 1. The van der Waals surface area contributed by atoms with Crippen molar-refractivity contribution in [2.45, 2.75) is 33.2 Å². The summed E-state index contributed by atoms with van der Waals surface area (Å²) in [5.41, 5.74) is 7.73. The predicted molar refractivity (Wildman–Crippen MR) is 99.6 cm³/mol. The molecule has 1 atom stereocenters. The molecule has 6 nitrogen and oxygen atoms in total. The number of amides is 1. The number of rotatable bonds is 7. The molecule has 1 aromatic carbocycles. The van der Waals surface area contributed by atoms with Crippen molar-refractivity contribution in [1.82, 2.24) is 10.6 Å². The Morgan fingerprint density at radius 3 is 2.72 bits per heavy atom. The van der Waals surface area contributed by atoms with E-state index in [0.29, 0.717) is 24.2 Å². The number of hydrogen-bond acceptors (Lipinski definition) is 3. The van der Waals surface area contributed by atoms with Crippen molar-refractivity contribution in [2.24, 2.45) is 10.7 Å². The van der Waals surface area contributed by atoms with Gasteiger partial charge in [-0.25, -0.2) is 4.99 Å². The van der Waals surface area contributed by atoms with Crippen molar-refractivity contribution in [3.8, 4) is 0 Å². The molecule has 1 amide bonds. The van der Waals surface area contributed by atoms with Crippen LogP contribution in [0.3, 0.4) is 0 Å². The summed E-state index contributed by atoms with van der Waals surface area (Å²) >= 11 is 0. The Balaban J connectivity index is 1.95. The van der Waals surface area contributed by atoms with E-state index in [1.54, 1.807) is 12.1 Å². The van der Waals surface area contributed by atoms with Gasteiger partial charge in [0.2, 0.25) is 0 Å². The molecular weight excluding hydrogens is 316 g/mol. The smallest absolute Gasteiger partial charge is 0.284 e. The van der Waals surface area contributed by atoms with Gasteiger partial charge in [0.05, 0.1) is 0 Å². The van der Waals surface area contributed by atoms with E-state index in [2.05, 4.69) is 53.7 Å². The lowest BCUT2D eigenvalue weighted by atomic mass is 9.99. The van der Waals surface area contributed by atoms with E-state index in [-0.39, 0.29) is 5.76 Å². The standard InChI is InChI=1S/C19H26N4O2/c1-4-21-19(23-12-16-8-9-17(25-16)18(20)24)22-11-14(3)15-7-5-6-13(2)10-15/h5-10,14H,4,11-12H2,1-3H3,(H2,20,24)(H2,21,22,23). The molecular formula is C19H26N4O2. The maximum atomic E-state index is 11.1. The zero-order valence-electron chi connectivity index (χ0n) is 15.0. The third-order valence-electron chi connectivity index (χ3n) is 3.83. The molecule has 2 rings (SSSR count). The normalized spacial score (nSPS) is 12.7. The summed E-state index contributed by atoms with van der Waals surface area (Å²) in [5.74, 6) is 1.23. The SMILES string of the molecule is CCNC(=NCc1ccc(C(N)=O)o1)NCC(C)c1cccc(C)c1. The highest BCUT2D eigenvalue weighted by atomic mass is 16.3. The van der Waals surface area contributed by atoms with Crippen molar-refractivity contribution >= 4 is 11.9 Å². The van der Waals surface area contributed by atoms with Gasteiger partial charge < -0.3 is 20.8 Å². The average Bonchev–Trinajstić information content (AvgIpc) is 3.06. The monoisotopic (exact) mass is 342 g/mol. The van der Waals surface area contributed by atoms with Crippen LogP contribution in [0.5, 0.6) is 0 Å². The number of primary amides is 1. The molecule has 0 saturated heterocycles. The first-order valence-corrected chi connectivity index (χ1v) is 8.46. The van der Waals surface area contributed by atoms with E-state index >= 15 is 0 Å². The van der Waals surface area contributed by atoms with Gasteiger partial charge in [0.15, 0.2) is 11.7 Å². The average molecular weight is 342 g/mol. The lowest BCUT2D eigenvalue weighted by Gasteiger charge is -2.16. The molecule has 1 unspecified atom stereocenters. The van der Waals surface area contributed by atoms with E-state index < -0.39 is 5.91 Å². The zero-order chi connectivity index (χ0) is 18.2. The molecule has 0 aliphatic rings. The molecule has 1 heterocycles. The number of carbonyl (C=O) groups excluding carboxylic acids is 1. The summed E-state index contributed by atoms with van der Waals surface area (Å²) in [7, 11) is 0. The van der Waals surface area contributed by atoms with E-state index in [9.17, 15) is 4.79 Å². The van der Waals surface area contributed by atoms with Crippen LogP contribution in [0.15, 0.2) is 45.8 Å². The minimum absolute atomic E-state index is 0.149. The highest BCUT2D eigenvalue weighted by Gasteiger charge is 2.09. The summed E-state index contributed by atoms with van der Waals surface area (Å²) in [6.45, 7) is 8.14. The van der Waals surface area contributed by atoms with Crippen LogP contribution in [0, 0.1) is 6.92 Å². The molecule has 0 radical (unpaired) electrons. The molecule has 25 heavy (non-hydrogen) atoms. The van der Waals surface area contributed by atoms with E-state index in [0.717, 1.165) is 13.1 Å². The van der Waals surface area contributed by atoms with Crippen LogP contribution in [0.2, 0.25) is 0 Å². The maximum Gasteiger partial charge on any atom is 0.284 e. The summed E-state index contributed by atoms with van der Waals surface area (Å²) in [6, 6.07) is 11.8. The molecule has 2 aromatic rings. The van der Waals surface area contributed by atoms with Crippen LogP contribution in [-0.2, 0) is 6.54 Å². The zero-order valence-corrected chi connectivity index (χ0v) is 15.0. The lowest BCUT2D eigenvalue weighted by Crippen LogP contribution is -2.39. The molecule has 134 valence electrons. The summed E-state index contributed by atoms with van der Waals surface area (Å²) in [6.07, 6.45) is 0. The summed E-state index contributed by atoms with van der Waals surface area (Å²) in [4.78, 5) is 15.5. The second-order valence-electron chi connectivity index (χ2n) is 6.02. The molecule has 1 aromatic heterocycles. The number of nitrogens with two attached hydrogens (primary N) is 1. The summed E-state index contributed by atoms with van der Waals surface area (Å²) in [5, 5.41) is 6.55. The number of nitrogens with one attached hydrogen (secondary N) is 2. The van der Waals surface area contributed by atoms with Gasteiger partial charge in [-0.1, -0.05) is 36.8 Å². The van der Waals surface area contributed by atoms with Crippen molar-refractivity contribution < 1.29 is 9.21 Å². The molecule has 0 fully saturated rings. The first-order valence-electron chi connectivity index (χ1n) is 8.46. The molecule has 0 bridgehead atoms. The number of benzene rings is 1. The number of guanidine groups is 1. The minimum Gasteiger partial charge on any atom is -0.454 e. The van der Waals surface area contributed by atoms with Crippen LogP contribution in [0.25, 0.3) is 0 Å². The molecule has 0 aliphatic carbocycles. The topological polar surface area (TPSA) is 92.6 Å². The second kappa shape index (κ2) is 8.92. The number of furan rings is 1. The van der Waals surface area contributed by atoms with Crippen LogP contribution < -0.4 is 16.4 Å². The fraction of sp³-hybridized carbons (Fsp3) is 0.368. The Hall–Kier alpha value is -2.76. The van der Waals surface area contributed by atoms with Crippen LogP contribution >= 0.6 is 0 Å². The van der Waals surface area contributed by atoms with Crippen LogP contribution in [-0.4, -0.2) is 25.0 Å². The first kappa shape index (κ1) is 18.6. The Bertz CT molecular complexity index is 737. The van der Waals surface area contributed by atoms with Crippen molar-refractivity contribution in [2.75, 3.05) is 13.1 Å². The Morgan fingerprint density at radius 1 is 1.28 bits per heavy atom. The van der Waals surface area contributed by atoms with Crippen molar-refractivity contribution in [3.05, 3.63) is 59.0 Å². The van der Waals surface area contributed by atoms with Gasteiger partial charge in [-0.05, 0) is 37.5 Å². The number of hydrogen-bond donors (Lipinski definition) is 3. The molecule has 4 N–H and O–H groups in total. The van der Waals surface area contributed by atoms with Gasteiger partial charge in [0.25, 0.3) is 5.91 Å². The van der Waals surface area contributed by atoms with Crippen LogP contribution in [0.1, 0.15) is 47.2 Å². The quantitative estimate of drug-likeness (QED) is 0.532. The number of aryl methyl sites for hydroxylation is 1. The molecule has 0 aliphatic heterocycles. The Morgan fingerprint density at radius 2 is 2.08 bits per heavy atom. The van der Waals surface area contributed by atoms with Gasteiger partial charge in [-0.3, -0.25) is 4.79 Å². The van der Waals surface area contributed by atoms with E-state index in [1.165, 1.54) is 11.1 Å². The summed E-state index contributed by atoms with van der Waals surface area (Å²) < 4.78 is 5.34. The highest BCUT2D eigenvalue weighted by Crippen LogP contribution is 2.15. The lowest BCUT2D eigenvalue weighted by molar-refractivity contribution is 0.0972. The largest absolute Gasteiger partial charge is 0.454 e. The van der Waals surface area contributed by atoms with Gasteiger partial charge in [0.1, 0.15) is 12.3 Å². The number of nitrogens with zero attached hydrogens (tertiary/aromatic N) is 1. The highest BCUT2D eigenvalue weighted by molar-refractivity contribution is 5.89. The minimum atomic E-state index is -0.577. The van der Waals surface area contributed by atoms with Gasteiger partial charge in [0, 0.05) is 13.1 Å². The van der Waals surface area contributed by atoms with Crippen molar-refractivity contribution in [3.63, 3.8) is 0 Å². The van der Waals surface area contributed by atoms with Gasteiger partial charge in [-0.15, -0.1) is 0 Å². The maximum absolute atomic E-state index is 11.1.